The number of ether oxygens (including phenoxy) is 1. The van der Waals surface area contributed by atoms with E-state index in [2.05, 4.69) is 5.32 Å². The number of para-hydroxylation sites is 1. The molecule has 1 heterocycles. The van der Waals surface area contributed by atoms with E-state index in [-0.39, 0.29) is 17.8 Å². The highest BCUT2D eigenvalue weighted by Gasteiger charge is 2.27. The van der Waals surface area contributed by atoms with Crippen molar-refractivity contribution in [1.82, 2.24) is 5.32 Å². The summed E-state index contributed by atoms with van der Waals surface area (Å²) in [6.45, 7) is 6.30. The minimum Gasteiger partial charge on any atom is -0.480 e. The van der Waals surface area contributed by atoms with Crippen LogP contribution in [0.2, 0.25) is 0 Å². The molecular formula is C19H25NO5. The van der Waals surface area contributed by atoms with E-state index in [9.17, 15) is 14.7 Å². The highest BCUT2D eigenvalue weighted by atomic mass is 16.5. The van der Waals surface area contributed by atoms with Gasteiger partial charge >= 0.3 is 5.97 Å². The first kappa shape index (κ1) is 19.0. The van der Waals surface area contributed by atoms with Crippen molar-refractivity contribution in [3.05, 3.63) is 35.6 Å². The minimum absolute atomic E-state index is 0.0149. The van der Waals surface area contributed by atoms with Crippen LogP contribution in [0.3, 0.4) is 0 Å². The molecule has 0 aliphatic carbocycles. The molecule has 1 unspecified atom stereocenters. The molecule has 0 aliphatic heterocycles. The van der Waals surface area contributed by atoms with Gasteiger partial charge in [0.25, 0.3) is 5.91 Å². The van der Waals surface area contributed by atoms with Crippen molar-refractivity contribution in [3.8, 4) is 0 Å². The molecule has 1 aromatic heterocycles. The Morgan fingerprint density at radius 2 is 1.96 bits per heavy atom. The van der Waals surface area contributed by atoms with E-state index in [1.54, 1.807) is 6.07 Å². The summed E-state index contributed by atoms with van der Waals surface area (Å²) < 4.78 is 10.8. The van der Waals surface area contributed by atoms with Gasteiger partial charge in [0.1, 0.15) is 11.6 Å². The summed E-state index contributed by atoms with van der Waals surface area (Å²) in [5, 5.41) is 12.8. The lowest BCUT2D eigenvalue weighted by Crippen LogP contribution is -2.41. The lowest BCUT2D eigenvalue weighted by molar-refractivity contribution is -0.139. The first-order valence-electron chi connectivity index (χ1n) is 8.26. The molecule has 6 heteroatoms. The zero-order valence-electron chi connectivity index (χ0n) is 15.1. The summed E-state index contributed by atoms with van der Waals surface area (Å²) in [7, 11) is 1.53. The van der Waals surface area contributed by atoms with Gasteiger partial charge in [-0.15, -0.1) is 0 Å². The van der Waals surface area contributed by atoms with E-state index in [0.717, 1.165) is 5.39 Å². The van der Waals surface area contributed by atoms with Crippen molar-refractivity contribution in [2.45, 2.75) is 46.3 Å². The number of aliphatic carboxylic acids is 1. The molecule has 0 radical (unpaired) electrons. The van der Waals surface area contributed by atoms with Crippen molar-refractivity contribution >= 4 is 22.8 Å². The Kier molecular flexibility index (Phi) is 5.85. The fourth-order valence-electron chi connectivity index (χ4n) is 2.63. The average molecular weight is 347 g/mol. The second-order valence-electron chi connectivity index (χ2n) is 7.30. The average Bonchev–Trinajstić information content (AvgIpc) is 2.89. The number of amides is 1. The number of carbonyl (C=O) groups is 2. The number of rotatable bonds is 7. The first-order chi connectivity index (χ1) is 11.7. The van der Waals surface area contributed by atoms with Crippen LogP contribution < -0.4 is 5.32 Å². The summed E-state index contributed by atoms with van der Waals surface area (Å²) in [5.41, 5.74) is 1.18. The number of furan rings is 1. The maximum atomic E-state index is 12.6. The Hall–Kier alpha value is -2.34. The van der Waals surface area contributed by atoms with E-state index in [0.29, 0.717) is 24.0 Å². The molecule has 0 aliphatic rings. The predicted octanol–water partition coefficient (Wildman–Crippen LogP) is 3.59. The Morgan fingerprint density at radius 1 is 1.28 bits per heavy atom. The third-order valence-electron chi connectivity index (χ3n) is 3.98. The van der Waals surface area contributed by atoms with E-state index in [1.165, 1.54) is 7.11 Å². The molecule has 0 fully saturated rings. The first-order valence-corrected chi connectivity index (χ1v) is 8.26. The number of nitrogens with one attached hydrogen (secondary N) is 1. The maximum absolute atomic E-state index is 12.6. The lowest BCUT2D eigenvalue weighted by Gasteiger charge is -2.21. The lowest BCUT2D eigenvalue weighted by atomic mass is 9.88. The molecule has 2 rings (SSSR count). The predicted molar refractivity (Wildman–Crippen MR) is 94.5 cm³/mol. The fourth-order valence-corrected chi connectivity index (χ4v) is 2.63. The highest BCUT2D eigenvalue weighted by molar-refractivity contribution is 6.00. The molecular weight excluding hydrogens is 322 g/mol. The van der Waals surface area contributed by atoms with Gasteiger partial charge in [-0.25, -0.2) is 4.79 Å². The number of carboxylic acid groups (broad SMARTS) is 1. The van der Waals surface area contributed by atoms with E-state index < -0.39 is 17.9 Å². The van der Waals surface area contributed by atoms with Gasteiger partial charge in [-0.3, -0.25) is 4.79 Å². The van der Waals surface area contributed by atoms with Gasteiger partial charge < -0.3 is 19.6 Å². The number of carboxylic acids is 1. The molecule has 1 atom stereocenters. The van der Waals surface area contributed by atoms with Gasteiger partial charge in [0, 0.05) is 18.1 Å². The van der Waals surface area contributed by atoms with Crippen LogP contribution in [0.15, 0.2) is 28.7 Å². The SMILES string of the molecule is COCc1c(C(=O)NC(CCC(C)(C)C)C(=O)O)oc2ccccc12. The molecule has 0 saturated carbocycles. The molecule has 2 aromatic rings. The molecule has 0 spiro atoms. The van der Waals surface area contributed by atoms with Crippen molar-refractivity contribution < 1.29 is 23.8 Å². The largest absolute Gasteiger partial charge is 0.480 e. The van der Waals surface area contributed by atoms with Crippen LogP contribution in [0.5, 0.6) is 0 Å². The highest BCUT2D eigenvalue weighted by Crippen LogP contribution is 2.27. The summed E-state index contributed by atoms with van der Waals surface area (Å²) >= 11 is 0. The van der Waals surface area contributed by atoms with Crippen molar-refractivity contribution in [2.24, 2.45) is 5.41 Å². The standard InChI is InChI=1S/C19H25NO5/c1-19(2,3)10-9-14(18(22)23)20-17(21)16-13(11-24-4)12-7-5-6-8-15(12)25-16/h5-8,14H,9-11H2,1-4H3,(H,20,21)(H,22,23). The number of fused-ring (bicyclic) bond motifs is 1. The topological polar surface area (TPSA) is 88.8 Å². The van der Waals surface area contributed by atoms with Gasteiger partial charge in [-0.2, -0.15) is 0 Å². The van der Waals surface area contributed by atoms with Crippen LogP contribution in [0, 0.1) is 5.41 Å². The second kappa shape index (κ2) is 7.70. The zero-order valence-corrected chi connectivity index (χ0v) is 15.1. The molecule has 25 heavy (non-hydrogen) atoms. The van der Waals surface area contributed by atoms with Crippen LogP contribution in [-0.4, -0.2) is 30.1 Å². The van der Waals surface area contributed by atoms with Gasteiger partial charge in [0.15, 0.2) is 5.76 Å². The van der Waals surface area contributed by atoms with Crippen LogP contribution in [-0.2, 0) is 16.1 Å². The summed E-state index contributed by atoms with van der Waals surface area (Å²) in [5.74, 6) is -1.49. The smallest absolute Gasteiger partial charge is 0.326 e. The normalized spacial score (nSPS) is 13.0. The van der Waals surface area contributed by atoms with Crippen molar-refractivity contribution in [3.63, 3.8) is 0 Å². The van der Waals surface area contributed by atoms with Gasteiger partial charge in [0.05, 0.1) is 6.61 Å². The van der Waals surface area contributed by atoms with Crippen LogP contribution in [0.1, 0.15) is 49.7 Å². The van der Waals surface area contributed by atoms with Gasteiger partial charge in [-0.05, 0) is 24.3 Å². The zero-order chi connectivity index (χ0) is 18.6. The van der Waals surface area contributed by atoms with Gasteiger partial charge in [-0.1, -0.05) is 39.0 Å². The van der Waals surface area contributed by atoms with E-state index in [1.807, 2.05) is 39.0 Å². The maximum Gasteiger partial charge on any atom is 0.326 e. The number of hydrogen-bond acceptors (Lipinski definition) is 4. The number of methoxy groups -OCH3 is 1. The summed E-state index contributed by atoms with van der Waals surface area (Å²) in [6.07, 6.45) is 1.03. The molecule has 6 nitrogen and oxygen atoms in total. The van der Waals surface area contributed by atoms with Crippen LogP contribution in [0.25, 0.3) is 11.0 Å². The fraction of sp³-hybridized carbons (Fsp3) is 0.474. The molecule has 2 N–H and O–H groups in total. The summed E-state index contributed by atoms with van der Waals surface area (Å²) in [4.78, 5) is 24.1. The minimum atomic E-state index is -1.05. The Labute approximate surface area is 147 Å². The molecule has 0 bridgehead atoms. The van der Waals surface area contributed by atoms with Crippen molar-refractivity contribution in [2.75, 3.05) is 7.11 Å². The Morgan fingerprint density at radius 3 is 2.56 bits per heavy atom. The monoisotopic (exact) mass is 347 g/mol. The van der Waals surface area contributed by atoms with E-state index >= 15 is 0 Å². The van der Waals surface area contributed by atoms with Crippen molar-refractivity contribution in [1.29, 1.82) is 0 Å². The molecule has 136 valence electrons. The van der Waals surface area contributed by atoms with E-state index in [4.69, 9.17) is 9.15 Å². The second-order valence-corrected chi connectivity index (χ2v) is 7.30. The Balaban J connectivity index is 2.25. The number of benzene rings is 1. The molecule has 1 amide bonds. The molecule has 1 aromatic carbocycles. The third kappa shape index (κ3) is 4.82. The van der Waals surface area contributed by atoms with Gasteiger partial charge in [0.2, 0.25) is 0 Å². The third-order valence-corrected chi connectivity index (χ3v) is 3.98. The quantitative estimate of drug-likeness (QED) is 0.799. The Bertz CT molecular complexity index is 757. The van der Waals surface area contributed by atoms with Crippen LogP contribution in [0.4, 0.5) is 0 Å². The number of carbonyl (C=O) groups excluding carboxylic acids is 1. The summed E-state index contributed by atoms with van der Waals surface area (Å²) in [6, 6.07) is 6.31. The van der Waals surface area contributed by atoms with Crippen LogP contribution >= 0.6 is 0 Å². The number of hydrogen-bond donors (Lipinski definition) is 2. The molecule has 0 saturated heterocycles.